The van der Waals surface area contributed by atoms with Crippen molar-refractivity contribution < 1.29 is 23.4 Å². The second-order valence-corrected chi connectivity index (χ2v) is 13.6. The van der Waals surface area contributed by atoms with Crippen LogP contribution < -0.4 is 24.4 Å². The predicted octanol–water partition coefficient (Wildman–Crippen LogP) is 6.51. The largest absolute Gasteiger partial charge is 0.491 e. The molecule has 0 N–H and O–H groups in total. The minimum atomic E-state index is -0.798. The lowest BCUT2D eigenvalue weighted by Gasteiger charge is -2.26. The van der Waals surface area contributed by atoms with Gasteiger partial charge in [0.15, 0.2) is 4.80 Å². The van der Waals surface area contributed by atoms with Crippen molar-refractivity contribution in [2.24, 2.45) is 4.99 Å². The number of nitrogens with zero attached hydrogens (tertiary/aromatic N) is 2. The third-order valence-electron chi connectivity index (χ3n) is 6.71. The van der Waals surface area contributed by atoms with Crippen molar-refractivity contribution in [1.29, 1.82) is 0 Å². The van der Waals surface area contributed by atoms with Crippen molar-refractivity contribution in [3.8, 4) is 11.5 Å². The summed E-state index contributed by atoms with van der Waals surface area (Å²) in [6.07, 6.45) is 1.67. The molecule has 0 spiro atoms. The molecule has 228 valence electrons. The molecule has 0 fully saturated rings. The monoisotopic (exact) mass is 838 g/mol. The first-order chi connectivity index (χ1) is 21.1. The molecular weight excluding hydrogens is 809 g/mol. The van der Waals surface area contributed by atoms with Gasteiger partial charge in [-0.2, -0.15) is 0 Å². The second kappa shape index (κ2) is 13.9. The molecule has 4 aromatic rings. The first-order valence-electron chi connectivity index (χ1n) is 13.9. The topological polar surface area (TPSA) is 79.1 Å². The highest BCUT2D eigenvalue weighted by Gasteiger charge is 2.35. The Bertz CT molecular complexity index is 1930. The van der Waals surface area contributed by atoms with Gasteiger partial charge in [-0.05, 0) is 115 Å². The van der Waals surface area contributed by atoms with Crippen LogP contribution in [0.1, 0.15) is 50.4 Å². The van der Waals surface area contributed by atoms with Crippen LogP contribution in [0.25, 0.3) is 6.08 Å². The summed E-state index contributed by atoms with van der Waals surface area (Å²) in [5, 5.41) is 0. The van der Waals surface area contributed by atoms with Gasteiger partial charge in [-0.15, -0.1) is 0 Å². The first-order valence-corrected chi connectivity index (χ1v) is 16.9. The lowest BCUT2D eigenvalue weighted by atomic mass is 9.95. The quantitative estimate of drug-likeness (QED) is 0.142. The van der Waals surface area contributed by atoms with E-state index in [2.05, 4.69) is 45.2 Å². The van der Waals surface area contributed by atoms with Crippen LogP contribution in [-0.2, 0) is 16.1 Å². The van der Waals surface area contributed by atoms with E-state index in [1.54, 1.807) is 36.6 Å². The molecule has 0 amide bonds. The summed E-state index contributed by atoms with van der Waals surface area (Å²) >= 11 is 5.68. The van der Waals surface area contributed by atoms with Crippen molar-refractivity contribution in [2.45, 2.75) is 46.4 Å². The maximum atomic E-state index is 14.2. The van der Waals surface area contributed by atoms with Crippen LogP contribution >= 0.6 is 56.5 Å². The summed E-state index contributed by atoms with van der Waals surface area (Å²) in [6, 6.07) is 16.7. The average molecular weight is 838 g/mol. The van der Waals surface area contributed by atoms with Crippen LogP contribution in [-0.4, -0.2) is 23.2 Å². The van der Waals surface area contributed by atoms with Crippen LogP contribution in [0.3, 0.4) is 0 Å². The third kappa shape index (κ3) is 6.94. The van der Waals surface area contributed by atoms with Gasteiger partial charge in [0.25, 0.3) is 5.56 Å². The molecule has 0 aliphatic carbocycles. The van der Waals surface area contributed by atoms with E-state index < -0.39 is 12.0 Å². The molecular formula is C33H29FI2N2O5S. The van der Waals surface area contributed by atoms with Crippen molar-refractivity contribution in [3.63, 3.8) is 0 Å². The first kappa shape index (κ1) is 32.4. The lowest BCUT2D eigenvalue weighted by molar-refractivity contribution is -0.139. The third-order valence-corrected chi connectivity index (χ3v) is 9.12. The fraction of sp³-hybridized carbons (Fsp3) is 0.242. The number of esters is 1. The van der Waals surface area contributed by atoms with Gasteiger partial charge in [-0.25, -0.2) is 14.2 Å². The number of hydrogen-bond acceptors (Lipinski definition) is 7. The molecule has 0 radical (unpaired) electrons. The van der Waals surface area contributed by atoms with Gasteiger partial charge in [0.2, 0.25) is 0 Å². The number of fused-ring (bicyclic) bond motifs is 1. The van der Waals surface area contributed by atoms with Crippen LogP contribution in [0, 0.1) is 13.0 Å². The van der Waals surface area contributed by atoms with Crippen molar-refractivity contribution >= 4 is 68.6 Å². The number of benzene rings is 3. The van der Waals surface area contributed by atoms with Crippen molar-refractivity contribution in [1.82, 2.24) is 4.57 Å². The Kier molecular flexibility index (Phi) is 10.3. The van der Waals surface area contributed by atoms with Crippen LogP contribution in [0.4, 0.5) is 4.39 Å². The van der Waals surface area contributed by atoms with Gasteiger partial charge >= 0.3 is 5.97 Å². The van der Waals surface area contributed by atoms with Gasteiger partial charge in [0.05, 0.1) is 32.1 Å². The van der Waals surface area contributed by atoms with E-state index in [4.69, 9.17) is 19.2 Å². The van der Waals surface area contributed by atoms with E-state index >= 15 is 0 Å². The SMILES string of the molecule is CCOC(=O)C1=C(C)N=c2s/c(=C\c3cc(I)cc(I)c3OCc3ccc(F)cc3)c(=O)n2[C@@H]1c1ccccc1OC(C)C. The fourth-order valence-electron chi connectivity index (χ4n) is 4.87. The number of carbonyl (C=O) groups is 1. The van der Waals surface area contributed by atoms with Gasteiger partial charge < -0.3 is 14.2 Å². The maximum Gasteiger partial charge on any atom is 0.338 e. The molecule has 1 aromatic heterocycles. The Hall–Kier alpha value is -3.04. The van der Waals surface area contributed by atoms with Crippen LogP contribution in [0.5, 0.6) is 11.5 Å². The Balaban J connectivity index is 1.67. The van der Waals surface area contributed by atoms with E-state index in [9.17, 15) is 14.0 Å². The number of allylic oxidation sites excluding steroid dienone is 1. The Morgan fingerprint density at radius 3 is 2.57 bits per heavy atom. The summed E-state index contributed by atoms with van der Waals surface area (Å²) in [5.74, 6) is 0.335. The van der Waals surface area contributed by atoms with Crippen molar-refractivity contribution in [3.05, 3.63) is 121 Å². The molecule has 2 heterocycles. The second-order valence-electron chi connectivity index (χ2n) is 10.2. The molecule has 0 saturated heterocycles. The molecule has 0 unspecified atom stereocenters. The van der Waals surface area contributed by atoms with E-state index in [1.165, 1.54) is 23.5 Å². The van der Waals surface area contributed by atoms with E-state index in [0.29, 0.717) is 32.1 Å². The zero-order chi connectivity index (χ0) is 31.5. The number of rotatable bonds is 9. The standard InChI is InChI=1S/C33H29FI2N2O5S/c1-5-41-32(40)28-19(4)37-33-38(29(28)24-8-6-7-9-26(24)43-18(2)3)31(39)27(44-33)15-21-14-23(35)16-25(36)30(21)42-17-20-10-12-22(34)13-11-20/h6-16,18,29H,5,17H2,1-4H3/b27-15-/t29-/m1/s1. The zero-order valence-electron chi connectivity index (χ0n) is 24.4. The summed E-state index contributed by atoms with van der Waals surface area (Å²) in [6.45, 7) is 7.76. The molecule has 3 aromatic carbocycles. The minimum Gasteiger partial charge on any atom is -0.491 e. The molecule has 0 saturated carbocycles. The summed E-state index contributed by atoms with van der Waals surface area (Å²) in [4.78, 5) is 32.7. The highest BCUT2D eigenvalue weighted by atomic mass is 127. The number of carbonyl (C=O) groups excluding carboxylic acids is 1. The van der Waals surface area contributed by atoms with Gasteiger partial charge in [-0.1, -0.05) is 41.7 Å². The molecule has 1 aliphatic rings. The van der Waals surface area contributed by atoms with Crippen molar-refractivity contribution in [2.75, 3.05) is 6.61 Å². The number of ether oxygens (including phenoxy) is 3. The smallest absolute Gasteiger partial charge is 0.338 e. The molecule has 0 bridgehead atoms. The van der Waals surface area contributed by atoms with E-state index in [-0.39, 0.29) is 36.3 Å². The number of halogens is 3. The van der Waals surface area contributed by atoms with Crippen LogP contribution in [0.2, 0.25) is 0 Å². The normalized spacial score (nSPS) is 14.8. The highest BCUT2D eigenvalue weighted by molar-refractivity contribution is 14.1. The van der Waals surface area contributed by atoms with Gasteiger partial charge in [0.1, 0.15) is 30.0 Å². The number of hydrogen-bond donors (Lipinski definition) is 0. The minimum absolute atomic E-state index is 0.125. The molecule has 5 rings (SSSR count). The number of para-hydroxylation sites is 1. The number of thiazole rings is 1. The molecule has 11 heteroatoms. The molecule has 44 heavy (non-hydrogen) atoms. The summed E-state index contributed by atoms with van der Waals surface area (Å²) < 4.78 is 35.0. The van der Waals surface area contributed by atoms with Gasteiger partial charge in [-0.3, -0.25) is 9.36 Å². The van der Waals surface area contributed by atoms with Gasteiger partial charge in [0, 0.05) is 14.7 Å². The predicted molar refractivity (Wildman–Crippen MR) is 185 cm³/mol. The summed E-state index contributed by atoms with van der Waals surface area (Å²) in [5.41, 5.74) is 2.67. The lowest BCUT2D eigenvalue weighted by Crippen LogP contribution is -2.40. The van der Waals surface area contributed by atoms with E-state index in [0.717, 1.165) is 18.3 Å². The average Bonchev–Trinajstić information content (AvgIpc) is 3.26. The maximum absolute atomic E-state index is 14.2. The van der Waals surface area contributed by atoms with Crippen LogP contribution in [0.15, 0.2) is 81.7 Å². The zero-order valence-corrected chi connectivity index (χ0v) is 29.5. The molecule has 1 aliphatic heterocycles. The number of aromatic nitrogens is 1. The Morgan fingerprint density at radius 2 is 1.86 bits per heavy atom. The Morgan fingerprint density at radius 1 is 1.14 bits per heavy atom. The highest BCUT2D eigenvalue weighted by Crippen LogP contribution is 2.36. The molecule has 1 atom stereocenters. The Labute approximate surface area is 285 Å². The molecule has 7 nitrogen and oxygen atoms in total. The summed E-state index contributed by atoms with van der Waals surface area (Å²) in [7, 11) is 0. The van der Waals surface area contributed by atoms with E-state index in [1.807, 2.05) is 50.2 Å². The fourth-order valence-corrected chi connectivity index (χ4v) is 7.95.